The summed E-state index contributed by atoms with van der Waals surface area (Å²) in [6.07, 6.45) is 2.24. The lowest BCUT2D eigenvalue weighted by atomic mass is 9.78. The number of hydrogen-bond acceptors (Lipinski definition) is 3. The molecule has 0 unspecified atom stereocenters. The zero-order chi connectivity index (χ0) is 14.4. The first kappa shape index (κ1) is 13.9. The van der Waals surface area contributed by atoms with Crippen molar-refractivity contribution in [2.45, 2.75) is 38.9 Å². The van der Waals surface area contributed by atoms with Gasteiger partial charge in [-0.25, -0.2) is 0 Å². The third-order valence-electron chi connectivity index (χ3n) is 4.59. The Morgan fingerprint density at radius 1 is 1.10 bits per heavy atom. The molecule has 4 heteroatoms. The molecule has 0 amide bonds. The molecular weight excluding hydrogens is 249 g/mol. The molecule has 0 bridgehead atoms. The molecule has 0 aromatic heterocycles. The molecule has 0 aliphatic carbocycles. The Balaban J connectivity index is 1.87. The number of nitrogens with one attached hydrogen (secondary N) is 1. The van der Waals surface area contributed by atoms with E-state index in [0.29, 0.717) is 0 Å². The van der Waals surface area contributed by atoms with Gasteiger partial charge in [0.15, 0.2) is 0 Å². The normalized spacial score (nSPS) is 24.0. The molecule has 2 heterocycles. The number of hydrogen-bond donors (Lipinski definition) is 1. The maximum atomic E-state index is 6.11. The molecule has 1 fully saturated rings. The van der Waals surface area contributed by atoms with Crippen molar-refractivity contribution in [3.05, 3.63) is 35.9 Å². The maximum absolute atomic E-state index is 6.11. The standard InChI is InChI=1S/C16H22BNO2/c1-15(2)16(3,4)20-17(19-15)14-7-5-6-12(10-14)13-8-9-18-11-13/h5-8,10,18H,9,11H2,1-4H3. The van der Waals surface area contributed by atoms with Crippen LogP contribution in [0.15, 0.2) is 30.3 Å². The van der Waals surface area contributed by atoms with Gasteiger partial charge in [-0.1, -0.05) is 30.3 Å². The van der Waals surface area contributed by atoms with Crippen LogP contribution in [0.3, 0.4) is 0 Å². The SMILES string of the molecule is CC1(C)OB(c2cccc(C3=CCNC3)c2)OC1(C)C. The molecule has 0 spiro atoms. The number of benzene rings is 1. The van der Waals surface area contributed by atoms with E-state index in [2.05, 4.69) is 63.4 Å². The monoisotopic (exact) mass is 271 g/mol. The van der Waals surface area contributed by atoms with Gasteiger partial charge in [-0.05, 0) is 44.3 Å². The molecular formula is C16H22BNO2. The topological polar surface area (TPSA) is 30.5 Å². The fourth-order valence-electron chi connectivity index (χ4n) is 2.56. The molecule has 2 aliphatic rings. The Morgan fingerprint density at radius 2 is 1.80 bits per heavy atom. The predicted octanol–water partition coefficient (Wildman–Crippen LogP) is 1.97. The molecule has 1 aromatic carbocycles. The summed E-state index contributed by atoms with van der Waals surface area (Å²) in [5.74, 6) is 0. The minimum Gasteiger partial charge on any atom is -0.399 e. The minimum absolute atomic E-state index is 0.282. The molecule has 0 saturated carbocycles. The van der Waals surface area contributed by atoms with Crippen LogP contribution in [0.2, 0.25) is 0 Å². The first-order valence-corrected chi connectivity index (χ1v) is 7.25. The summed E-state index contributed by atoms with van der Waals surface area (Å²) in [6.45, 7) is 10.2. The molecule has 20 heavy (non-hydrogen) atoms. The molecule has 3 nitrogen and oxygen atoms in total. The highest BCUT2D eigenvalue weighted by Gasteiger charge is 2.51. The van der Waals surface area contributed by atoms with Crippen molar-refractivity contribution in [1.82, 2.24) is 5.32 Å². The second kappa shape index (κ2) is 4.73. The van der Waals surface area contributed by atoms with E-state index in [1.807, 2.05) is 0 Å². The van der Waals surface area contributed by atoms with E-state index < -0.39 is 0 Å². The third kappa shape index (κ3) is 2.32. The van der Waals surface area contributed by atoms with Crippen molar-refractivity contribution in [3.8, 4) is 0 Å². The highest BCUT2D eigenvalue weighted by Crippen LogP contribution is 2.36. The largest absolute Gasteiger partial charge is 0.494 e. The Morgan fingerprint density at radius 3 is 2.40 bits per heavy atom. The zero-order valence-electron chi connectivity index (χ0n) is 12.7. The van der Waals surface area contributed by atoms with Gasteiger partial charge < -0.3 is 14.6 Å². The van der Waals surface area contributed by atoms with Crippen molar-refractivity contribution in [1.29, 1.82) is 0 Å². The zero-order valence-corrected chi connectivity index (χ0v) is 12.7. The molecule has 106 valence electrons. The summed E-state index contributed by atoms with van der Waals surface area (Å²) in [7, 11) is -0.282. The lowest BCUT2D eigenvalue weighted by Crippen LogP contribution is -2.41. The molecule has 1 aromatic rings. The first-order chi connectivity index (χ1) is 9.39. The Hall–Kier alpha value is -1.10. The molecule has 3 rings (SSSR count). The van der Waals surface area contributed by atoms with E-state index in [0.717, 1.165) is 18.6 Å². The van der Waals surface area contributed by atoms with Crippen LogP contribution in [0.5, 0.6) is 0 Å². The fraction of sp³-hybridized carbons (Fsp3) is 0.500. The Labute approximate surface area is 121 Å². The van der Waals surface area contributed by atoms with Gasteiger partial charge in [0.2, 0.25) is 0 Å². The van der Waals surface area contributed by atoms with Crippen LogP contribution < -0.4 is 10.8 Å². The average Bonchev–Trinajstić information content (AvgIpc) is 2.97. The van der Waals surface area contributed by atoms with E-state index in [-0.39, 0.29) is 18.3 Å². The predicted molar refractivity (Wildman–Crippen MR) is 83.0 cm³/mol. The van der Waals surface area contributed by atoms with Crippen molar-refractivity contribution in [2.75, 3.05) is 13.1 Å². The van der Waals surface area contributed by atoms with Crippen LogP contribution in [-0.2, 0) is 9.31 Å². The Kier molecular flexibility index (Phi) is 3.28. The molecule has 1 saturated heterocycles. The van der Waals surface area contributed by atoms with Crippen LogP contribution in [0.1, 0.15) is 33.3 Å². The van der Waals surface area contributed by atoms with E-state index in [1.54, 1.807) is 0 Å². The van der Waals surface area contributed by atoms with Gasteiger partial charge in [0.25, 0.3) is 0 Å². The van der Waals surface area contributed by atoms with Gasteiger partial charge in [-0.3, -0.25) is 0 Å². The van der Waals surface area contributed by atoms with Crippen molar-refractivity contribution >= 4 is 18.2 Å². The van der Waals surface area contributed by atoms with Crippen LogP contribution in [-0.4, -0.2) is 31.4 Å². The van der Waals surface area contributed by atoms with Crippen molar-refractivity contribution in [2.24, 2.45) is 0 Å². The summed E-state index contributed by atoms with van der Waals surface area (Å²) in [5.41, 5.74) is 3.11. The van der Waals surface area contributed by atoms with E-state index in [1.165, 1.54) is 11.1 Å². The van der Waals surface area contributed by atoms with Gasteiger partial charge in [0.1, 0.15) is 0 Å². The summed E-state index contributed by atoms with van der Waals surface area (Å²) >= 11 is 0. The van der Waals surface area contributed by atoms with Gasteiger partial charge >= 0.3 is 7.12 Å². The van der Waals surface area contributed by atoms with Gasteiger partial charge in [-0.15, -0.1) is 0 Å². The molecule has 0 atom stereocenters. The second-order valence-electron chi connectivity index (χ2n) is 6.57. The van der Waals surface area contributed by atoms with Gasteiger partial charge in [0, 0.05) is 13.1 Å². The first-order valence-electron chi connectivity index (χ1n) is 7.25. The average molecular weight is 271 g/mol. The lowest BCUT2D eigenvalue weighted by molar-refractivity contribution is 0.00578. The second-order valence-corrected chi connectivity index (χ2v) is 6.57. The molecule has 0 radical (unpaired) electrons. The number of rotatable bonds is 2. The maximum Gasteiger partial charge on any atom is 0.494 e. The van der Waals surface area contributed by atoms with Crippen molar-refractivity contribution < 1.29 is 9.31 Å². The van der Waals surface area contributed by atoms with Gasteiger partial charge in [-0.2, -0.15) is 0 Å². The quantitative estimate of drug-likeness (QED) is 0.834. The Bertz CT molecular complexity index is 535. The van der Waals surface area contributed by atoms with Crippen LogP contribution in [0, 0.1) is 0 Å². The lowest BCUT2D eigenvalue weighted by Gasteiger charge is -2.32. The highest BCUT2D eigenvalue weighted by atomic mass is 16.7. The minimum atomic E-state index is -0.290. The van der Waals surface area contributed by atoms with E-state index >= 15 is 0 Å². The van der Waals surface area contributed by atoms with Crippen LogP contribution in [0.4, 0.5) is 0 Å². The van der Waals surface area contributed by atoms with Crippen molar-refractivity contribution in [3.63, 3.8) is 0 Å². The smallest absolute Gasteiger partial charge is 0.399 e. The van der Waals surface area contributed by atoms with E-state index in [9.17, 15) is 0 Å². The van der Waals surface area contributed by atoms with E-state index in [4.69, 9.17) is 9.31 Å². The molecule has 2 aliphatic heterocycles. The summed E-state index contributed by atoms with van der Waals surface area (Å²) in [6, 6.07) is 8.48. The van der Waals surface area contributed by atoms with Crippen LogP contribution in [0.25, 0.3) is 5.57 Å². The highest BCUT2D eigenvalue weighted by molar-refractivity contribution is 6.62. The summed E-state index contributed by atoms with van der Waals surface area (Å²) in [5, 5.41) is 3.33. The van der Waals surface area contributed by atoms with Gasteiger partial charge in [0.05, 0.1) is 11.2 Å². The van der Waals surface area contributed by atoms with Crippen LogP contribution >= 0.6 is 0 Å². The summed E-state index contributed by atoms with van der Waals surface area (Å²) < 4.78 is 12.2. The third-order valence-corrected chi connectivity index (χ3v) is 4.59. The fourth-order valence-corrected chi connectivity index (χ4v) is 2.56. The molecule has 1 N–H and O–H groups in total. The summed E-state index contributed by atoms with van der Waals surface area (Å²) in [4.78, 5) is 0.